The fourth-order valence-electron chi connectivity index (χ4n) is 2.20. The number of hydrogen-bond acceptors (Lipinski definition) is 4. The van der Waals surface area contributed by atoms with E-state index in [1.165, 1.54) is 0 Å². The van der Waals surface area contributed by atoms with Gasteiger partial charge in [0.15, 0.2) is 16.6 Å². The van der Waals surface area contributed by atoms with Crippen molar-refractivity contribution in [2.75, 3.05) is 13.2 Å². The van der Waals surface area contributed by atoms with Crippen molar-refractivity contribution in [2.45, 2.75) is 20.5 Å². The third kappa shape index (κ3) is 6.82. The lowest BCUT2D eigenvalue weighted by molar-refractivity contribution is 0.267. The summed E-state index contributed by atoms with van der Waals surface area (Å²) in [5.41, 5.74) is 4.57. The number of thiocarbonyl (C=S) groups is 1. The molecule has 0 amide bonds. The zero-order chi connectivity index (χ0) is 19.6. The Hall–Kier alpha value is -1.58. The third-order valence-electron chi connectivity index (χ3n) is 3.38. The summed E-state index contributed by atoms with van der Waals surface area (Å²) in [6.45, 7) is 5.53. The van der Waals surface area contributed by atoms with E-state index >= 15 is 0 Å². The van der Waals surface area contributed by atoms with E-state index in [0.29, 0.717) is 34.8 Å². The van der Waals surface area contributed by atoms with Crippen molar-refractivity contribution in [2.24, 2.45) is 5.10 Å². The predicted octanol–water partition coefficient (Wildman–Crippen LogP) is 4.74. The second-order valence-electron chi connectivity index (χ2n) is 5.37. The molecule has 5 nitrogen and oxygen atoms in total. The van der Waals surface area contributed by atoms with Crippen LogP contribution in [0.25, 0.3) is 0 Å². The van der Waals surface area contributed by atoms with E-state index in [9.17, 15) is 0 Å². The molecule has 2 N–H and O–H groups in total. The number of benzene rings is 2. The van der Waals surface area contributed by atoms with E-state index in [2.05, 4.69) is 38.4 Å². The molecule has 0 heterocycles. The molecule has 0 saturated carbocycles. The largest absolute Gasteiger partial charge is 0.490 e. The van der Waals surface area contributed by atoms with Crippen molar-refractivity contribution in [1.82, 2.24) is 10.7 Å². The summed E-state index contributed by atoms with van der Waals surface area (Å²) in [7, 11) is 0. The van der Waals surface area contributed by atoms with Crippen LogP contribution in [-0.2, 0) is 6.61 Å². The number of hydrogen-bond donors (Lipinski definition) is 2. The fraction of sp³-hybridized carbons (Fsp3) is 0.263. The summed E-state index contributed by atoms with van der Waals surface area (Å²) in [6.07, 6.45) is 1.69. The standard InChI is InChI=1S/C19H21ClIN3O2S/c1-3-22-19(27)24-23-11-13-9-16(21)18(17(10-13)25-4-2)26-12-14-7-5-6-8-15(14)20/h5-11H,3-4,12H2,1-2H3,(H2,22,24,27)/b23-11-. The molecule has 0 atom stereocenters. The van der Waals surface area contributed by atoms with Crippen LogP contribution < -0.4 is 20.2 Å². The van der Waals surface area contributed by atoms with Crippen LogP contribution in [0.3, 0.4) is 0 Å². The zero-order valence-corrected chi connectivity index (χ0v) is 18.8. The van der Waals surface area contributed by atoms with Crippen LogP contribution in [0.5, 0.6) is 11.5 Å². The van der Waals surface area contributed by atoms with E-state index < -0.39 is 0 Å². The number of nitrogens with one attached hydrogen (secondary N) is 2. The molecular formula is C19H21ClIN3O2S. The topological polar surface area (TPSA) is 54.9 Å². The summed E-state index contributed by atoms with van der Waals surface area (Å²) in [6, 6.07) is 11.5. The van der Waals surface area contributed by atoms with Gasteiger partial charge >= 0.3 is 0 Å². The normalized spacial score (nSPS) is 10.7. The molecule has 0 aliphatic carbocycles. The highest BCUT2D eigenvalue weighted by Gasteiger charge is 2.13. The third-order valence-corrected chi connectivity index (χ3v) is 4.78. The minimum Gasteiger partial charge on any atom is -0.490 e. The molecule has 0 saturated heterocycles. The van der Waals surface area contributed by atoms with Gasteiger partial charge in [-0.1, -0.05) is 29.8 Å². The van der Waals surface area contributed by atoms with Gasteiger partial charge in [-0.25, -0.2) is 0 Å². The van der Waals surface area contributed by atoms with Gasteiger partial charge in [0.25, 0.3) is 0 Å². The van der Waals surface area contributed by atoms with E-state index in [1.54, 1.807) is 6.21 Å². The number of hydrazone groups is 1. The number of rotatable bonds is 8. The van der Waals surface area contributed by atoms with Crippen LogP contribution in [0.1, 0.15) is 25.0 Å². The van der Waals surface area contributed by atoms with Gasteiger partial charge in [0.1, 0.15) is 6.61 Å². The molecule has 0 aliphatic heterocycles. The first-order valence-electron chi connectivity index (χ1n) is 8.44. The molecule has 0 aliphatic rings. The van der Waals surface area contributed by atoms with E-state index in [4.69, 9.17) is 33.3 Å². The highest BCUT2D eigenvalue weighted by molar-refractivity contribution is 14.1. The molecule has 2 rings (SSSR count). The van der Waals surface area contributed by atoms with Gasteiger partial charge in [0.05, 0.1) is 16.4 Å². The van der Waals surface area contributed by atoms with Gasteiger partial charge < -0.3 is 14.8 Å². The molecule has 2 aromatic carbocycles. The molecule has 2 aromatic rings. The van der Waals surface area contributed by atoms with Crippen molar-refractivity contribution in [3.05, 3.63) is 56.1 Å². The maximum atomic E-state index is 6.21. The maximum Gasteiger partial charge on any atom is 0.186 e. The van der Waals surface area contributed by atoms with Crippen molar-refractivity contribution >= 4 is 57.7 Å². The van der Waals surface area contributed by atoms with E-state index in [-0.39, 0.29) is 0 Å². The van der Waals surface area contributed by atoms with Gasteiger partial charge in [-0.05, 0) is 72.4 Å². The van der Waals surface area contributed by atoms with Crippen molar-refractivity contribution in [1.29, 1.82) is 0 Å². The van der Waals surface area contributed by atoms with Crippen molar-refractivity contribution in [3.8, 4) is 11.5 Å². The molecule has 0 fully saturated rings. The van der Waals surface area contributed by atoms with Gasteiger partial charge in [-0.2, -0.15) is 5.10 Å². The highest BCUT2D eigenvalue weighted by atomic mass is 127. The summed E-state index contributed by atoms with van der Waals surface area (Å²) in [5.74, 6) is 1.35. The second kappa shape index (κ2) is 11.3. The molecule has 0 bridgehead atoms. The Morgan fingerprint density at radius 2 is 2.04 bits per heavy atom. The molecule has 27 heavy (non-hydrogen) atoms. The van der Waals surface area contributed by atoms with Crippen LogP contribution in [0.2, 0.25) is 5.02 Å². The van der Waals surface area contributed by atoms with E-state index in [0.717, 1.165) is 21.2 Å². The Morgan fingerprint density at radius 1 is 1.26 bits per heavy atom. The fourth-order valence-corrected chi connectivity index (χ4v) is 3.36. The summed E-state index contributed by atoms with van der Waals surface area (Å²) in [4.78, 5) is 0. The Balaban J connectivity index is 2.16. The van der Waals surface area contributed by atoms with Crippen LogP contribution in [0.4, 0.5) is 0 Å². The number of nitrogens with zero attached hydrogens (tertiary/aromatic N) is 1. The lowest BCUT2D eigenvalue weighted by Gasteiger charge is -2.15. The molecule has 144 valence electrons. The highest BCUT2D eigenvalue weighted by Crippen LogP contribution is 2.35. The number of halogens is 2. The quantitative estimate of drug-likeness (QED) is 0.229. The zero-order valence-electron chi connectivity index (χ0n) is 15.1. The van der Waals surface area contributed by atoms with Gasteiger partial charge in [0, 0.05) is 17.1 Å². The predicted molar refractivity (Wildman–Crippen MR) is 123 cm³/mol. The van der Waals surface area contributed by atoms with Gasteiger partial charge in [-0.15, -0.1) is 0 Å². The first-order chi connectivity index (χ1) is 13.0. The Kier molecular flexibility index (Phi) is 9.09. The Bertz CT molecular complexity index is 818. The molecule has 0 unspecified atom stereocenters. The van der Waals surface area contributed by atoms with Crippen molar-refractivity contribution in [3.63, 3.8) is 0 Å². The lowest BCUT2D eigenvalue weighted by atomic mass is 10.2. The number of ether oxygens (including phenoxy) is 2. The summed E-state index contributed by atoms with van der Waals surface area (Å²) >= 11 is 13.5. The molecule has 8 heteroatoms. The monoisotopic (exact) mass is 517 g/mol. The Morgan fingerprint density at radius 3 is 2.74 bits per heavy atom. The summed E-state index contributed by atoms with van der Waals surface area (Å²) in [5, 5.41) is 8.27. The van der Waals surface area contributed by atoms with Crippen LogP contribution in [-0.4, -0.2) is 24.5 Å². The van der Waals surface area contributed by atoms with E-state index in [1.807, 2.05) is 50.2 Å². The first-order valence-corrected chi connectivity index (χ1v) is 10.3. The molecule has 0 aromatic heterocycles. The minimum absolute atomic E-state index is 0.363. The average Bonchev–Trinajstić information content (AvgIpc) is 2.63. The molecule has 0 radical (unpaired) electrons. The SMILES string of the molecule is CCNC(=S)N/N=C\c1cc(I)c(OCc2ccccc2Cl)c(OCC)c1. The maximum absolute atomic E-state index is 6.21. The average molecular weight is 518 g/mol. The minimum atomic E-state index is 0.363. The van der Waals surface area contributed by atoms with Gasteiger partial charge in [0.2, 0.25) is 0 Å². The Labute approximate surface area is 183 Å². The molecule has 0 spiro atoms. The first kappa shape index (κ1) is 21.7. The smallest absolute Gasteiger partial charge is 0.186 e. The lowest BCUT2D eigenvalue weighted by Crippen LogP contribution is -2.31. The second-order valence-corrected chi connectivity index (χ2v) is 7.35. The van der Waals surface area contributed by atoms with Crippen LogP contribution >= 0.6 is 46.4 Å². The van der Waals surface area contributed by atoms with Crippen LogP contribution in [0, 0.1) is 3.57 Å². The molecular weight excluding hydrogens is 497 g/mol. The van der Waals surface area contributed by atoms with Gasteiger partial charge in [-0.3, -0.25) is 5.43 Å². The van der Waals surface area contributed by atoms with Crippen molar-refractivity contribution < 1.29 is 9.47 Å². The summed E-state index contributed by atoms with van der Waals surface area (Å²) < 4.78 is 12.7. The van der Waals surface area contributed by atoms with Crippen LogP contribution in [0.15, 0.2) is 41.5 Å².